The van der Waals surface area contributed by atoms with Crippen molar-refractivity contribution in [1.82, 2.24) is 0 Å². The summed E-state index contributed by atoms with van der Waals surface area (Å²) in [6.45, 7) is 25.2. The maximum absolute atomic E-state index is 4.52. The molecule has 32 heavy (non-hydrogen) atoms. The molecule has 1 aliphatic heterocycles. The Morgan fingerprint density at radius 2 is 0.969 bits per heavy atom. The van der Waals surface area contributed by atoms with E-state index < -0.39 is 15.9 Å². The normalized spacial score (nSPS) is 14.9. The molecule has 0 bridgehead atoms. The molecule has 0 amide bonds. The zero-order valence-corrected chi connectivity index (χ0v) is 23.6. The van der Waals surface area contributed by atoms with Crippen LogP contribution in [0, 0.1) is 0 Å². The number of hydrogen-bond donors (Lipinski definition) is 0. The van der Waals surface area contributed by atoms with Crippen molar-refractivity contribution in [2.45, 2.75) is 86.0 Å². The van der Waals surface area contributed by atoms with Crippen LogP contribution in [0.1, 0.15) is 108 Å². The zero-order chi connectivity index (χ0) is 23.7. The molecule has 2 aromatic carbocycles. The molecule has 1 heterocycles. The van der Waals surface area contributed by atoms with E-state index in [0.717, 1.165) is 5.70 Å². The molecule has 0 saturated carbocycles. The fourth-order valence-corrected chi connectivity index (χ4v) is 7.37. The van der Waals surface area contributed by atoms with Gasteiger partial charge in [-0.15, -0.1) is 0 Å². The molecule has 2 nitrogen and oxygen atoms in total. The fourth-order valence-electron chi connectivity index (χ4n) is 4.57. The summed E-state index contributed by atoms with van der Waals surface area (Å²) in [5.41, 5.74) is 11.0. The average molecular weight is 489 g/mol. The molecule has 3 rings (SSSR count). The first-order chi connectivity index (χ1) is 15.0. The van der Waals surface area contributed by atoms with Gasteiger partial charge >= 0.3 is 204 Å². The van der Waals surface area contributed by atoms with Crippen LogP contribution in [0.2, 0.25) is 0 Å². The van der Waals surface area contributed by atoms with Crippen LogP contribution < -0.4 is 7.71 Å². The van der Waals surface area contributed by atoms with E-state index in [4.69, 9.17) is 0 Å². The van der Waals surface area contributed by atoms with E-state index in [0.29, 0.717) is 23.7 Å². The molecule has 0 aliphatic carbocycles. The van der Waals surface area contributed by atoms with Gasteiger partial charge in [-0.1, -0.05) is 0 Å². The standard InChI is InChI=1S/C29H40GeN2/c1-18(2)24-13-11-14-25(19(3)4)28(24)31-22(9)17-23(10)32(30-31)29-26(20(5)6)15-12-16-27(29)21(7)8/h11-21H,9H2,1-8,10H3. The number of benzene rings is 2. The fraction of sp³-hybridized carbons (Fsp3) is 0.448. The quantitative estimate of drug-likeness (QED) is 0.376. The molecule has 1 aliphatic rings. The van der Waals surface area contributed by atoms with Gasteiger partial charge in [0.1, 0.15) is 0 Å². The first kappa shape index (κ1) is 24.7. The third-order valence-electron chi connectivity index (χ3n) is 6.35. The topological polar surface area (TPSA) is 6.48 Å². The van der Waals surface area contributed by atoms with Gasteiger partial charge in [-0.25, -0.2) is 0 Å². The Morgan fingerprint density at radius 3 is 1.31 bits per heavy atom. The average Bonchev–Trinajstić information content (AvgIpc) is 2.72. The van der Waals surface area contributed by atoms with Gasteiger partial charge in [-0.05, 0) is 0 Å². The monoisotopic (exact) mass is 490 g/mol. The van der Waals surface area contributed by atoms with Crippen molar-refractivity contribution >= 4 is 27.3 Å². The molecule has 2 radical (unpaired) electrons. The zero-order valence-electron chi connectivity index (χ0n) is 21.5. The summed E-state index contributed by atoms with van der Waals surface area (Å²) in [6, 6.07) is 13.7. The van der Waals surface area contributed by atoms with Gasteiger partial charge in [0.2, 0.25) is 0 Å². The van der Waals surface area contributed by atoms with Crippen LogP contribution in [0.3, 0.4) is 0 Å². The molecule has 170 valence electrons. The van der Waals surface area contributed by atoms with Crippen LogP contribution in [0.5, 0.6) is 0 Å². The SMILES string of the molecule is C=C1C=C(C)[N](c2c(C(C)C)cccc2C(C)C)[Ge][N]1c1c(C(C)C)cccc1C(C)C. The van der Waals surface area contributed by atoms with Gasteiger partial charge in [0.05, 0.1) is 0 Å². The van der Waals surface area contributed by atoms with Crippen LogP contribution >= 0.6 is 0 Å². The molecule has 0 saturated heterocycles. The number of anilines is 2. The van der Waals surface area contributed by atoms with Crippen molar-refractivity contribution in [2.24, 2.45) is 0 Å². The molecular weight excluding hydrogens is 449 g/mol. The third kappa shape index (κ3) is 4.71. The maximum atomic E-state index is 4.52. The molecule has 0 atom stereocenters. The van der Waals surface area contributed by atoms with Crippen LogP contribution in [-0.2, 0) is 0 Å². The molecule has 0 unspecified atom stereocenters. The van der Waals surface area contributed by atoms with Crippen LogP contribution in [0.15, 0.2) is 60.4 Å². The first-order valence-corrected chi connectivity index (χ1v) is 13.9. The molecular formula is C29H40GeN2. The van der Waals surface area contributed by atoms with Gasteiger partial charge in [0.25, 0.3) is 0 Å². The molecule has 3 heteroatoms. The minimum atomic E-state index is -0.704. The number of nitrogens with zero attached hydrogens (tertiary/aromatic N) is 2. The molecule has 0 aromatic heterocycles. The van der Waals surface area contributed by atoms with E-state index in [-0.39, 0.29) is 0 Å². The second-order valence-corrected chi connectivity index (χ2v) is 12.5. The summed E-state index contributed by atoms with van der Waals surface area (Å²) in [5.74, 6) is 1.90. The second-order valence-electron chi connectivity index (χ2n) is 10.2. The van der Waals surface area contributed by atoms with Gasteiger partial charge < -0.3 is 0 Å². The van der Waals surface area contributed by atoms with Gasteiger partial charge in [0.15, 0.2) is 0 Å². The Bertz CT molecular complexity index is 961. The molecule has 0 N–H and O–H groups in total. The molecule has 2 aromatic rings. The number of rotatable bonds is 6. The van der Waals surface area contributed by atoms with E-state index in [9.17, 15) is 0 Å². The van der Waals surface area contributed by atoms with E-state index >= 15 is 0 Å². The Kier molecular flexibility index (Phi) is 7.65. The Balaban J connectivity index is 2.22. The van der Waals surface area contributed by atoms with E-state index in [1.807, 2.05) is 0 Å². The van der Waals surface area contributed by atoms with Crippen LogP contribution in [0.4, 0.5) is 11.4 Å². The van der Waals surface area contributed by atoms with Crippen molar-refractivity contribution in [2.75, 3.05) is 7.71 Å². The first-order valence-electron chi connectivity index (χ1n) is 12.0. The summed E-state index contributed by atoms with van der Waals surface area (Å²) >= 11 is -0.704. The summed E-state index contributed by atoms with van der Waals surface area (Å²) in [7, 11) is 0. The van der Waals surface area contributed by atoms with Crippen LogP contribution in [0.25, 0.3) is 0 Å². The van der Waals surface area contributed by atoms with Gasteiger partial charge in [-0.3, -0.25) is 0 Å². The van der Waals surface area contributed by atoms with Gasteiger partial charge in [0, 0.05) is 0 Å². The van der Waals surface area contributed by atoms with Crippen molar-refractivity contribution in [3.05, 3.63) is 82.7 Å². The van der Waals surface area contributed by atoms with E-state index in [1.54, 1.807) is 0 Å². The molecule has 0 spiro atoms. The summed E-state index contributed by atoms with van der Waals surface area (Å²) in [6.07, 6.45) is 2.29. The minimum absolute atomic E-state index is 0.470. The van der Waals surface area contributed by atoms with Crippen LogP contribution in [-0.4, -0.2) is 15.9 Å². The summed E-state index contributed by atoms with van der Waals surface area (Å²) in [5, 5.41) is 0. The van der Waals surface area contributed by atoms with Crippen molar-refractivity contribution in [1.29, 1.82) is 0 Å². The van der Waals surface area contributed by atoms with Crippen molar-refractivity contribution in [3.8, 4) is 0 Å². The number of para-hydroxylation sites is 2. The van der Waals surface area contributed by atoms with Crippen molar-refractivity contribution in [3.63, 3.8) is 0 Å². The molecule has 0 fully saturated rings. The number of allylic oxidation sites excluding steroid dienone is 2. The predicted octanol–water partition coefficient (Wildman–Crippen LogP) is 8.46. The van der Waals surface area contributed by atoms with E-state index in [2.05, 4.69) is 119 Å². The Hall–Kier alpha value is -1.94. The third-order valence-corrected chi connectivity index (χ3v) is 9.47. The summed E-state index contributed by atoms with van der Waals surface area (Å²) in [4.78, 5) is 0. The number of hydrogen-bond acceptors (Lipinski definition) is 2. The van der Waals surface area contributed by atoms with E-state index in [1.165, 1.54) is 39.3 Å². The Morgan fingerprint density at radius 1 is 0.625 bits per heavy atom. The Labute approximate surface area is 203 Å². The summed E-state index contributed by atoms with van der Waals surface area (Å²) < 4.78 is 5.21. The van der Waals surface area contributed by atoms with Gasteiger partial charge in [-0.2, -0.15) is 0 Å². The predicted molar refractivity (Wildman–Crippen MR) is 143 cm³/mol. The van der Waals surface area contributed by atoms with Crippen molar-refractivity contribution < 1.29 is 0 Å². The second kappa shape index (κ2) is 9.91.